The van der Waals surface area contributed by atoms with Crippen LogP contribution in [0.4, 0.5) is 0 Å². The Morgan fingerprint density at radius 1 is 1.12 bits per heavy atom. The predicted molar refractivity (Wildman–Crippen MR) is 102 cm³/mol. The number of morpholine rings is 1. The molecule has 5 nitrogen and oxygen atoms in total. The molecule has 3 heterocycles. The molecule has 3 fully saturated rings. The van der Waals surface area contributed by atoms with Gasteiger partial charge >= 0.3 is 0 Å². The highest BCUT2D eigenvalue weighted by molar-refractivity contribution is 5.76. The molecule has 3 saturated heterocycles. The summed E-state index contributed by atoms with van der Waals surface area (Å²) in [7, 11) is 0. The van der Waals surface area contributed by atoms with Crippen LogP contribution in [0.2, 0.25) is 0 Å². The van der Waals surface area contributed by atoms with Crippen molar-refractivity contribution in [2.24, 2.45) is 5.92 Å². The molecule has 2 unspecified atom stereocenters. The summed E-state index contributed by atoms with van der Waals surface area (Å²) in [4.78, 5) is 14.9. The number of carbonyl (C=O) groups excluding carboxylic acids is 1. The average molecular weight is 357 g/mol. The van der Waals surface area contributed by atoms with E-state index in [1.165, 1.54) is 24.0 Å². The summed E-state index contributed by atoms with van der Waals surface area (Å²) in [6.45, 7) is 5.18. The first-order valence-corrected chi connectivity index (χ1v) is 10.2. The first kappa shape index (κ1) is 18.0. The van der Waals surface area contributed by atoms with Crippen LogP contribution in [-0.2, 0) is 22.6 Å². The minimum absolute atomic E-state index is 0.206. The highest BCUT2D eigenvalue weighted by atomic mass is 16.5. The van der Waals surface area contributed by atoms with Gasteiger partial charge in [-0.25, -0.2) is 0 Å². The predicted octanol–water partition coefficient (Wildman–Crippen LogP) is 2.06. The Hall–Kier alpha value is -1.43. The van der Waals surface area contributed by atoms with Crippen LogP contribution in [0.15, 0.2) is 24.3 Å². The zero-order valence-electron chi connectivity index (χ0n) is 15.6. The van der Waals surface area contributed by atoms with Crippen molar-refractivity contribution in [2.75, 3.05) is 26.3 Å². The largest absolute Gasteiger partial charge is 0.379 e. The zero-order valence-corrected chi connectivity index (χ0v) is 15.6. The fourth-order valence-electron chi connectivity index (χ4n) is 4.75. The molecular weight excluding hydrogens is 326 g/mol. The lowest BCUT2D eigenvalue weighted by atomic mass is 9.89. The van der Waals surface area contributed by atoms with E-state index in [1.807, 2.05) is 0 Å². The third-order valence-electron chi connectivity index (χ3n) is 6.14. The van der Waals surface area contributed by atoms with Crippen molar-refractivity contribution in [3.8, 4) is 0 Å². The third kappa shape index (κ3) is 4.64. The van der Waals surface area contributed by atoms with Gasteiger partial charge in [-0.05, 0) is 42.7 Å². The SMILES string of the molecule is O=C(CC1CC2CCC(C1)N2)NCc1ccccc1CN1CCOCC1. The molecule has 3 aliphatic rings. The van der Waals surface area contributed by atoms with Crippen molar-refractivity contribution in [3.05, 3.63) is 35.4 Å². The molecule has 2 N–H and O–H groups in total. The van der Waals surface area contributed by atoms with Gasteiger partial charge in [-0.1, -0.05) is 24.3 Å². The monoisotopic (exact) mass is 357 g/mol. The van der Waals surface area contributed by atoms with Crippen LogP contribution in [0, 0.1) is 5.92 Å². The fourth-order valence-corrected chi connectivity index (χ4v) is 4.75. The second-order valence-electron chi connectivity index (χ2n) is 8.11. The quantitative estimate of drug-likeness (QED) is 0.818. The van der Waals surface area contributed by atoms with Gasteiger partial charge in [0, 0.05) is 44.7 Å². The Morgan fingerprint density at radius 2 is 1.81 bits per heavy atom. The lowest BCUT2D eigenvalue weighted by Gasteiger charge is -2.29. The summed E-state index contributed by atoms with van der Waals surface area (Å²) in [5.74, 6) is 0.759. The minimum atomic E-state index is 0.206. The van der Waals surface area contributed by atoms with Gasteiger partial charge in [-0.3, -0.25) is 9.69 Å². The Labute approximate surface area is 156 Å². The molecule has 0 aliphatic carbocycles. The van der Waals surface area contributed by atoms with Gasteiger partial charge < -0.3 is 15.4 Å². The number of amides is 1. The first-order chi connectivity index (χ1) is 12.8. The summed E-state index contributed by atoms with van der Waals surface area (Å²) < 4.78 is 5.44. The number of benzene rings is 1. The van der Waals surface area contributed by atoms with Crippen LogP contribution in [0.25, 0.3) is 0 Å². The van der Waals surface area contributed by atoms with Crippen LogP contribution in [0.3, 0.4) is 0 Å². The summed E-state index contributed by atoms with van der Waals surface area (Å²) in [5.41, 5.74) is 2.55. The maximum absolute atomic E-state index is 12.5. The van der Waals surface area contributed by atoms with Crippen LogP contribution in [0.1, 0.15) is 43.2 Å². The summed E-state index contributed by atoms with van der Waals surface area (Å²) in [6, 6.07) is 9.78. The van der Waals surface area contributed by atoms with Crippen molar-refractivity contribution >= 4 is 5.91 Å². The van der Waals surface area contributed by atoms with Gasteiger partial charge in [0.25, 0.3) is 0 Å². The van der Waals surface area contributed by atoms with Gasteiger partial charge in [0.15, 0.2) is 0 Å². The second-order valence-corrected chi connectivity index (χ2v) is 8.11. The van der Waals surface area contributed by atoms with Crippen molar-refractivity contribution in [1.29, 1.82) is 0 Å². The van der Waals surface area contributed by atoms with E-state index >= 15 is 0 Å². The van der Waals surface area contributed by atoms with Crippen molar-refractivity contribution < 1.29 is 9.53 Å². The van der Waals surface area contributed by atoms with Crippen LogP contribution in [-0.4, -0.2) is 49.2 Å². The number of hydrogen-bond acceptors (Lipinski definition) is 4. The van der Waals surface area contributed by atoms with E-state index in [-0.39, 0.29) is 5.91 Å². The Bertz CT molecular complexity index is 603. The lowest BCUT2D eigenvalue weighted by molar-refractivity contribution is -0.122. The second kappa shape index (κ2) is 8.51. The maximum Gasteiger partial charge on any atom is 0.220 e. The summed E-state index contributed by atoms with van der Waals surface area (Å²) in [6.07, 6.45) is 5.59. The number of rotatable bonds is 6. The number of fused-ring (bicyclic) bond motifs is 2. The van der Waals surface area contributed by atoms with Crippen LogP contribution >= 0.6 is 0 Å². The molecule has 1 aromatic rings. The molecule has 0 spiro atoms. The standard InChI is InChI=1S/C21H31N3O2/c25-21(13-16-11-19-5-6-20(12-16)23-19)22-14-17-3-1-2-4-18(17)15-24-7-9-26-10-8-24/h1-4,16,19-20,23H,5-15H2,(H,22,25). The van der Waals surface area contributed by atoms with Gasteiger partial charge in [0.05, 0.1) is 13.2 Å². The molecule has 3 aliphatic heterocycles. The molecule has 2 bridgehead atoms. The van der Waals surface area contributed by atoms with E-state index in [2.05, 4.69) is 39.8 Å². The molecule has 4 rings (SSSR count). The molecule has 1 aromatic carbocycles. The minimum Gasteiger partial charge on any atom is -0.379 e. The third-order valence-corrected chi connectivity index (χ3v) is 6.14. The first-order valence-electron chi connectivity index (χ1n) is 10.2. The van der Waals surface area contributed by atoms with E-state index in [0.717, 1.165) is 45.7 Å². The molecule has 0 radical (unpaired) electrons. The van der Waals surface area contributed by atoms with Gasteiger partial charge in [0.2, 0.25) is 5.91 Å². The topological polar surface area (TPSA) is 53.6 Å². The van der Waals surface area contributed by atoms with Gasteiger partial charge in [-0.15, -0.1) is 0 Å². The molecule has 1 amide bonds. The number of nitrogens with one attached hydrogen (secondary N) is 2. The smallest absolute Gasteiger partial charge is 0.220 e. The molecule has 2 atom stereocenters. The van der Waals surface area contributed by atoms with Gasteiger partial charge in [-0.2, -0.15) is 0 Å². The average Bonchev–Trinajstić information content (AvgIpc) is 3.00. The lowest BCUT2D eigenvalue weighted by Crippen LogP contribution is -2.39. The van der Waals surface area contributed by atoms with Gasteiger partial charge in [0.1, 0.15) is 0 Å². The summed E-state index contributed by atoms with van der Waals surface area (Å²) in [5, 5.41) is 6.82. The van der Waals surface area contributed by atoms with E-state index in [1.54, 1.807) is 0 Å². The highest BCUT2D eigenvalue weighted by Crippen LogP contribution is 2.32. The molecule has 0 saturated carbocycles. The van der Waals surface area contributed by atoms with E-state index in [0.29, 0.717) is 31.0 Å². The molecule has 5 heteroatoms. The molecule has 26 heavy (non-hydrogen) atoms. The number of carbonyl (C=O) groups is 1. The fraction of sp³-hybridized carbons (Fsp3) is 0.667. The molecule has 0 aromatic heterocycles. The Kier molecular flexibility index (Phi) is 5.88. The van der Waals surface area contributed by atoms with Crippen LogP contribution < -0.4 is 10.6 Å². The number of ether oxygens (including phenoxy) is 1. The number of piperidine rings is 1. The zero-order chi connectivity index (χ0) is 17.8. The van der Waals surface area contributed by atoms with E-state index in [9.17, 15) is 4.79 Å². The van der Waals surface area contributed by atoms with E-state index < -0.39 is 0 Å². The molecular formula is C21H31N3O2. The summed E-state index contributed by atoms with van der Waals surface area (Å²) >= 11 is 0. The normalized spacial score (nSPS) is 28.8. The Morgan fingerprint density at radius 3 is 2.54 bits per heavy atom. The van der Waals surface area contributed by atoms with Crippen LogP contribution in [0.5, 0.6) is 0 Å². The van der Waals surface area contributed by atoms with E-state index in [4.69, 9.17) is 4.74 Å². The number of hydrogen-bond donors (Lipinski definition) is 2. The highest BCUT2D eigenvalue weighted by Gasteiger charge is 2.34. The van der Waals surface area contributed by atoms with Crippen molar-refractivity contribution in [3.63, 3.8) is 0 Å². The van der Waals surface area contributed by atoms with Crippen molar-refractivity contribution in [2.45, 2.75) is 57.3 Å². The Balaban J connectivity index is 1.28. The maximum atomic E-state index is 12.5. The number of nitrogens with zero attached hydrogens (tertiary/aromatic N) is 1. The van der Waals surface area contributed by atoms with Crippen molar-refractivity contribution in [1.82, 2.24) is 15.5 Å². The molecule has 142 valence electrons.